The van der Waals surface area contributed by atoms with Crippen LogP contribution in [0.25, 0.3) is 0 Å². The first kappa shape index (κ1) is 11.1. The predicted molar refractivity (Wildman–Crippen MR) is 57.9 cm³/mol. The first-order chi connectivity index (χ1) is 6.74. The summed E-state index contributed by atoms with van der Waals surface area (Å²) in [5.74, 6) is 1.56. The van der Waals surface area contributed by atoms with Crippen molar-refractivity contribution in [3.05, 3.63) is 24.3 Å². The SMILES string of the molecule is CCNC(CC(C)C)c1ncccn1. The predicted octanol–water partition coefficient (Wildman–Crippen LogP) is 2.17. The summed E-state index contributed by atoms with van der Waals surface area (Å²) in [6.45, 7) is 7.49. The van der Waals surface area contributed by atoms with Crippen molar-refractivity contribution in [1.82, 2.24) is 15.3 Å². The summed E-state index contributed by atoms with van der Waals surface area (Å²) >= 11 is 0. The third-order valence-corrected chi connectivity index (χ3v) is 2.06. The summed E-state index contributed by atoms with van der Waals surface area (Å²) in [7, 11) is 0. The Morgan fingerprint density at radius 3 is 2.43 bits per heavy atom. The summed E-state index contributed by atoms with van der Waals surface area (Å²) in [6.07, 6.45) is 4.68. The Kier molecular flexibility index (Phi) is 4.53. The summed E-state index contributed by atoms with van der Waals surface area (Å²) in [5, 5.41) is 3.41. The van der Waals surface area contributed by atoms with Gasteiger partial charge in [0.05, 0.1) is 6.04 Å². The lowest BCUT2D eigenvalue weighted by atomic mass is 10.0. The molecule has 1 aromatic heterocycles. The Bertz CT molecular complexity index is 246. The summed E-state index contributed by atoms with van der Waals surface area (Å²) < 4.78 is 0. The molecule has 0 bridgehead atoms. The Morgan fingerprint density at radius 2 is 1.93 bits per heavy atom. The number of nitrogens with zero attached hydrogens (tertiary/aromatic N) is 2. The van der Waals surface area contributed by atoms with Crippen LogP contribution in [0.4, 0.5) is 0 Å². The van der Waals surface area contributed by atoms with E-state index in [0.717, 1.165) is 18.8 Å². The van der Waals surface area contributed by atoms with E-state index in [9.17, 15) is 0 Å². The quantitative estimate of drug-likeness (QED) is 0.778. The van der Waals surface area contributed by atoms with E-state index in [2.05, 4.69) is 36.1 Å². The van der Waals surface area contributed by atoms with Crippen molar-refractivity contribution in [1.29, 1.82) is 0 Å². The van der Waals surface area contributed by atoms with Crippen LogP contribution in [-0.2, 0) is 0 Å². The Morgan fingerprint density at radius 1 is 1.29 bits per heavy atom. The highest BCUT2D eigenvalue weighted by atomic mass is 15.0. The van der Waals surface area contributed by atoms with Crippen molar-refractivity contribution < 1.29 is 0 Å². The zero-order chi connectivity index (χ0) is 10.4. The van der Waals surface area contributed by atoms with E-state index in [1.54, 1.807) is 12.4 Å². The maximum atomic E-state index is 4.28. The molecule has 1 heterocycles. The second kappa shape index (κ2) is 5.70. The number of nitrogens with one attached hydrogen (secondary N) is 1. The van der Waals surface area contributed by atoms with Gasteiger partial charge >= 0.3 is 0 Å². The van der Waals surface area contributed by atoms with Crippen LogP contribution in [0.2, 0.25) is 0 Å². The van der Waals surface area contributed by atoms with Crippen molar-refractivity contribution in [3.63, 3.8) is 0 Å². The van der Waals surface area contributed by atoms with E-state index < -0.39 is 0 Å². The molecule has 0 spiro atoms. The molecule has 0 fully saturated rings. The van der Waals surface area contributed by atoms with Gasteiger partial charge in [0.15, 0.2) is 0 Å². The van der Waals surface area contributed by atoms with Crippen LogP contribution >= 0.6 is 0 Å². The van der Waals surface area contributed by atoms with Crippen molar-refractivity contribution in [2.75, 3.05) is 6.54 Å². The van der Waals surface area contributed by atoms with E-state index in [4.69, 9.17) is 0 Å². The third kappa shape index (κ3) is 3.42. The van der Waals surface area contributed by atoms with Gasteiger partial charge in [0, 0.05) is 12.4 Å². The van der Waals surface area contributed by atoms with E-state index in [-0.39, 0.29) is 0 Å². The van der Waals surface area contributed by atoms with Crippen molar-refractivity contribution >= 4 is 0 Å². The van der Waals surface area contributed by atoms with Crippen LogP contribution in [-0.4, -0.2) is 16.5 Å². The van der Waals surface area contributed by atoms with Gasteiger partial charge in [0.25, 0.3) is 0 Å². The molecule has 1 atom stereocenters. The zero-order valence-electron chi connectivity index (χ0n) is 9.20. The average molecular weight is 193 g/mol. The maximum absolute atomic E-state index is 4.28. The molecule has 1 N–H and O–H groups in total. The second-order valence-corrected chi connectivity index (χ2v) is 3.85. The van der Waals surface area contributed by atoms with Crippen molar-refractivity contribution in [2.24, 2.45) is 5.92 Å². The van der Waals surface area contributed by atoms with Gasteiger partial charge in [-0.05, 0) is 24.9 Å². The first-order valence-corrected chi connectivity index (χ1v) is 5.24. The molecule has 0 amide bonds. The Hall–Kier alpha value is -0.960. The fourth-order valence-electron chi connectivity index (χ4n) is 1.49. The molecule has 14 heavy (non-hydrogen) atoms. The van der Waals surface area contributed by atoms with E-state index in [0.29, 0.717) is 12.0 Å². The molecular formula is C11H19N3. The molecular weight excluding hydrogens is 174 g/mol. The number of aromatic nitrogens is 2. The standard InChI is InChI=1S/C11H19N3/c1-4-12-10(8-9(2)3)11-13-6-5-7-14-11/h5-7,9-10,12H,4,8H2,1-3H3. The molecule has 1 aromatic rings. The zero-order valence-corrected chi connectivity index (χ0v) is 9.20. The molecule has 78 valence electrons. The fourth-order valence-corrected chi connectivity index (χ4v) is 1.49. The van der Waals surface area contributed by atoms with Crippen LogP contribution in [0.15, 0.2) is 18.5 Å². The lowest BCUT2D eigenvalue weighted by molar-refractivity contribution is 0.422. The molecule has 0 aromatic carbocycles. The first-order valence-electron chi connectivity index (χ1n) is 5.24. The van der Waals surface area contributed by atoms with Crippen LogP contribution in [0.3, 0.4) is 0 Å². The van der Waals surface area contributed by atoms with Crippen LogP contribution in [0.5, 0.6) is 0 Å². The van der Waals surface area contributed by atoms with Crippen LogP contribution in [0, 0.1) is 5.92 Å². The van der Waals surface area contributed by atoms with Crippen LogP contribution in [0.1, 0.15) is 39.1 Å². The minimum Gasteiger partial charge on any atom is -0.308 e. The smallest absolute Gasteiger partial charge is 0.145 e. The topological polar surface area (TPSA) is 37.8 Å². The Balaban J connectivity index is 2.67. The molecule has 0 aliphatic rings. The molecule has 3 heteroatoms. The normalized spacial score (nSPS) is 13.1. The van der Waals surface area contributed by atoms with Gasteiger partial charge in [-0.3, -0.25) is 0 Å². The van der Waals surface area contributed by atoms with Gasteiger partial charge in [-0.2, -0.15) is 0 Å². The van der Waals surface area contributed by atoms with Gasteiger partial charge in [-0.25, -0.2) is 9.97 Å². The molecule has 1 unspecified atom stereocenters. The molecule has 0 aliphatic carbocycles. The maximum Gasteiger partial charge on any atom is 0.145 e. The number of hydrogen-bond acceptors (Lipinski definition) is 3. The average Bonchev–Trinajstić information content (AvgIpc) is 2.18. The van der Waals surface area contributed by atoms with Crippen molar-refractivity contribution in [3.8, 4) is 0 Å². The van der Waals surface area contributed by atoms with Crippen LogP contribution < -0.4 is 5.32 Å². The van der Waals surface area contributed by atoms with E-state index in [1.165, 1.54) is 0 Å². The van der Waals surface area contributed by atoms with E-state index >= 15 is 0 Å². The highest BCUT2D eigenvalue weighted by Gasteiger charge is 2.13. The molecule has 0 aliphatic heterocycles. The molecule has 0 saturated heterocycles. The van der Waals surface area contributed by atoms with Gasteiger partial charge in [-0.1, -0.05) is 20.8 Å². The minimum atomic E-state index is 0.293. The summed E-state index contributed by atoms with van der Waals surface area (Å²) in [5.41, 5.74) is 0. The molecule has 0 radical (unpaired) electrons. The monoisotopic (exact) mass is 193 g/mol. The minimum absolute atomic E-state index is 0.293. The number of hydrogen-bond donors (Lipinski definition) is 1. The lowest BCUT2D eigenvalue weighted by Gasteiger charge is -2.17. The van der Waals surface area contributed by atoms with Gasteiger partial charge in [0.2, 0.25) is 0 Å². The van der Waals surface area contributed by atoms with E-state index in [1.807, 2.05) is 6.07 Å². The fraction of sp³-hybridized carbons (Fsp3) is 0.636. The highest BCUT2D eigenvalue weighted by molar-refractivity contribution is 4.95. The third-order valence-electron chi connectivity index (χ3n) is 2.06. The van der Waals surface area contributed by atoms with Crippen molar-refractivity contribution in [2.45, 2.75) is 33.2 Å². The summed E-state index contributed by atoms with van der Waals surface area (Å²) in [4.78, 5) is 8.55. The molecule has 0 saturated carbocycles. The lowest BCUT2D eigenvalue weighted by Crippen LogP contribution is -2.24. The second-order valence-electron chi connectivity index (χ2n) is 3.85. The largest absolute Gasteiger partial charge is 0.308 e. The summed E-state index contributed by atoms with van der Waals surface area (Å²) in [6, 6.07) is 2.14. The van der Waals surface area contributed by atoms with Gasteiger partial charge < -0.3 is 5.32 Å². The Labute approximate surface area is 86.0 Å². The highest BCUT2D eigenvalue weighted by Crippen LogP contribution is 2.16. The molecule has 3 nitrogen and oxygen atoms in total. The number of rotatable bonds is 5. The van der Waals surface area contributed by atoms with Gasteiger partial charge in [0.1, 0.15) is 5.82 Å². The van der Waals surface area contributed by atoms with Gasteiger partial charge in [-0.15, -0.1) is 0 Å². The molecule has 1 rings (SSSR count).